The number of aromatic nitrogens is 1. The molecule has 1 fully saturated rings. The lowest BCUT2D eigenvalue weighted by atomic mass is 9.85. The van der Waals surface area contributed by atoms with Crippen LogP contribution in [0.25, 0.3) is 0 Å². The highest BCUT2D eigenvalue weighted by Crippen LogP contribution is 2.25. The van der Waals surface area contributed by atoms with E-state index in [1.807, 2.05) is 0 Å². The first-order valence-electron chi connectivity index (χ1n) is 7.06. The molecule has 0 aromatic carbocycles. The van der Waals surface area contributed by atoms with Gasteiger partial charge >= 0.3 is 0 Å². The highest BCUT2D eigenvalue weighted by molar-refractivity contribution is 5.93. The fourth-order valence-electron chi connectivity index (χ4n) is 2.50. The molecule has 0 radical (unpaired) electrons. The van der Waals surface area contributed by atoms with E-state index in [1.54, 1.807) is 24.4 Å². The van der Waals surface area contributed by atoms with Crippen LogP contribution in [0.1, 0.15) is 55.9 Å². The van der Waals surface area contributed by atoms with Crippen LogP contribution < -0.4 is 5.43 Å². The molecule has 1 aliphatic rings. The Bertz CT molecular complexity index is 432. The predicted molar refractivity (Wildman–Crippen MR) is 76.0 cm³/mol. The second-order valence-electron chi connectivity index (χ2n) is 5.07. The summed E-state index contributed by atoms with van der Waals surface area (Å²) < 4.78 is 0. The number of carbonyl (C=O) groups excluding carboxylic acids is 1. The summed E-state index contributed by atoms with van der Waals surface area (Å²) in [7, 11) is 0. The first-order chi connectivity index (χ1) is 9.29. The monoisotopic (exact) mass is 259 g/mol. The van der Waals surface area contributed by atoms with E-state index in [0.29, 0.717) is 5.69 Å². The largest absolute Gasteiger partial charge is 0.289 e. The molecule has 1 aromatic heterocycles. The number of rotatable bonds is 4. The third-order valence-electron chi connectivity index (χ3n) is 3.59. The maximum absolute atomic E-state index is 11.8. The Hall–Kier alpha value is -1.71. The van der Waals surface area contributed by atoms with Crippen molar-refractivity contribution < 1.29 is 4.79 Å². The highest BCUT2D eigenvalue weighted by Gasteiger charge is 2.17. The van der Waals surface area contributed by atoms with Gasteiger partial charge in [-0.05, 0) is 43.7 Å². The van der Waals surface area contributed by atoms with Crippen LogP contribution in [-0.4, -0.2) is 16.6 Å². The Kier molecular flexibility index (Phi) is 5.07. The van der Waals surface area contributed by atoms with Crippen LogP contribution in [-0.2, 0) is 0 Å². The number of hydrazone groups is 1. The van der Waals surface area contributed by atoms with Crippen molar-refractivity contribution in [2.24, 2.45) is 11.0 Å². The second-order valence-corrected chi connectivity index (χ2v) is 5.07. The van der Waals surface area contributed by atoms with Crippen LogP contribution in [0.3, 0.4) is 0 Å². The van der Waals surface area contributed by atoms with Gasteiger partial charge in [-0.2, -0.15) is 5.10 Å². The van der Waals surface area contributed by atoms with Gasteiger partial charge in [0.1, 0.15) is 5.69 Å². The number of hydrogen-bond acceptors (Lipinski definition) is 3. The lowest BCUT2D eigenvalue weighted by Crippen LogP contribution is -2.23. The van der Waals surface area contributed by atoms with Gasteiger partial charge in [0.2, 0.25) is 0 Å². The molecule has 1 aliphatic carbocycles. The molecule has 1 heterocycles. The molecule has 0 aliphatic heterocycles. The van der Waals surface area contributed by atoms with Gasteiger partial charge in [-0.1, -0.05) is 25.8 Å². The van der Waals surface area contributed by atoms with E-state index < -0.39 is 0 Å². The number of carbonyl (C=O) groups is 1. The normalized spacial score (nSPS) is 19.0. The summed E-state index contributed by atoms with van der Waals surface area (Å²) in [6.07, 6.45) is 8.59. The topological polar surface area (TPSA) is 54.4 Å². The Labute approximate surface area is 114 Å². The minimum Gasteiger partial charge on any atom is -0.266 e. The Morgan fingerprint density at radius 3 is 2.84 bits per heavy atom. The number of amides is 1. The lowest BCUT2D eigenvalue weighted by Gasteiger charge is -2.22. The zero-order valence-corrected chi connectivity index (χ0v) is 11.4. The summed E-state index contributed by atoms with van der Waals surface area (Å²) in [5, 5.41) is 4.23. The van der Waals surface area contributed by atoms with Crippen LogP contribution in [0.2, 0.25) is 0 Å². The van der Waals surface area contributed by atoms with E-state index in [2.05, 4.69) is 22.4 Å². The molecule has 0 saturated heterocycles. The van der Waals surface area contributed by atoms with E-state index >= 15 is 0 Å². The number of hydrogen-bond donors (Lipinski definition) is 1. The van der Waals surface area contributed by atoms with Crippen LogP contribution in [0.4, 0.5) is 0 Å². The van der Waals surface area contributed by atoms with Gasteiger partial charge in [-0.15, -0.1) is 0 Å². The predicted octanol–water partition coefficient (Wildman–Crippen LogP) is 3.16. The molecule has 0 unspecified atom stereocenters. The molecule has 1 amide bonds. The SMILES string of the molecule is CCCC1CCC(=NNC(=O)c2ccccn2)CC1. The Morgan fingerprint density at radius 2 is 2.21 bits per heavy atom. The quantitative estimate of drug-likeness (QED) is 0.844. The highest BCUT2D eigenvalue weighted by atomic mass is 16.2. The number of nitrogens with one attached hydrogen (secondary N) is 1. The molecule has 0 bridgehead atoms. The van der Waals surface area contributed by atoms with Crippen molar-refractivity contribution in [2.45, 2.75) is 45.4 Å². The average Bonchev–Trinajstić information content (AvgIpc) is 2.47. The summed E-state index contributed by atoms with van der Waals surface area (Å²) in [6, 6.07) is 5.27. The molecule has 2 rings (SSSR count). The van der Waals surface area contributed by atoms with Gasteiger partial charge in [0.25, 0.3) is 5.91 Å². The van der Waals surface area contributed by atoms with Crippen molar-refractivity contribution in [3.63, 3.8) is 0 Å². The molecule has 19 heavy (non-hydrogen) atoms. The van der Waals surface area contributed by atoms with Crippen LogP contribution in [0.5, 0.6) is 0 Å². The zero-order chi connectivity index (χ0) is 13.5. The van der Waals surface area contributed by atoms with Gasteiger partial charge in [-0.25, -0.2) is 5.43 Å². The molecule has 4 heteroatoms. The molecular formula is C15H21N3O. The van der Waals surface area contributed by atoms with Gasteiger partial charge in [0.15, 0.2) is 0 Å². The van der Waals surface area contributed by atoms with E-state index in [9.17, 15) is 4.79 Å². The van der Waals surface area contributed by atoms with Crippen molar-refractivity contribution in [1.82, 2.24) is 10.4 Å². The van der Waals surface area contributed by atoms with E-state index in [0.717, 1.165) is 24.5 Å². The van der Waals surface area contributed by atoms with E-state index in [1.165, 1.54) is 25.7 Å². The third-order valence-corrected chi connectivity index (χ3v) is 3.59. The maximum Gasteiger partial charge on any atom is 0.289 e. The number of nitrogens with zero attached hydrogens (tertiary/aromatic N) is 2. The summed E-state index contributed by atoms with van der Waals surface area (Å²) >= 11 is 0. The van der Waals surface area contributed by atoms with E-state index in [-0.39, 0.29) is 5.91 Å². The Morgan fingerprint density at radius 1 is 1.42 bits per heavy atom. The van der Waals surface area contributed by atoms with Crippen LogP contribution >= 0.6 is 0 Å². The fraction of sp³-hybridized carbons (Fsp3) is 0.533. The van der Waals surface area contributed by atoms with Gasteiger partial charge in [0.05, 0.1) is 0 Å². The molecule has 0 spiro atoms. The molecular weight excluding hydrogens is 238 g/mol. The van der Waals surface area contributed by atoms with Crippen molar-refractivity contribution in [3.8, 4) is 0 Å². The number of pyridine rings is 1. The van der Waals surface area contributed by atoms with Crippen LogP contribution in [0, 0.1) is 5.92 Å². The Balaban J connectivity index is 1.82. The van der Waals surface area contributed by atoms with Crippen molar-refractivity contribution in [1.29, 1.82) is 0 Å². The molecule has 0 atom stereocenters. The zero-order valence-electron chi connectivity index (χ0n) is 11.4. The van der Waals surface area contributed by atoms with Crippen LogP contribution in [0.15, 0.2) is 29.5 Å². The maximum atomic E-state index is 11.8. The van der Waals surface area contributed by atoms with Crippen molar-refractivity contribution >= 4 is 11.6 Å². The standard InChI is InChI=1S/C15H21N3O/c1-2-5-12-7-9-13(10-8-12)17-18-15(19)14-6-3-4-11-16-14/h3-4,6,11-12H,2,5,7-10H2,1H3,(H,18,19). The molecule has 1 N–H and O–H groups in total. The minimum absolute atomic E-state index is 0.233. The molecule has 1 saturated carbocycles. The fourth-order valence-corrected chi connectivity index (χ4v) is 2.50. The molecule has 102 valence electrons. The van der Waals surface area contributed by atoms with Crippen molar-refractivity contribution in [2.75, 3.05) is 0 Å². The summed E-state index contributed by atoms with van der Waals surface area (Å²) in [5.74, 6) is 0.610. The second kappa shape index (κ2) is 7.02. The average molecular weight is 259 g/mol. The lowest BCUT2D eigenvalue weighted by molar-refractivity contribution is 0.0949. The van der Waals surface area contributed by atoms with Gasteiger partial charge < -0.3 is 0 Å². The summed E-state index contributed by atoms with van der Waals surface area (Å²) in [5.41, 5.74) is 4.12. The summed E-state index contributed by atoms with van der Waals surface area (Å²) in [6.45, 7) is 2.23. The first kappa shape index (κ1) is 13.7. The van der Waals surface area contributed by atoms with Crippen molar-refractivity contribution in [3.05, 3.63) is 30.1 Å². The third kappa shape index (κ3) is 4.16. The minimum atomic E-state index is -0.233. The molecule has 4 nitrogen and oxygen atoms in total. The summed E-state index contributed by atoms with van der Waals surface area (Å²) in [4.78, 5) is 15.8. The smallest absolute Gasteiger partial charge is 0.266 e. The molecule has 1 aromatic rings. The van der Waals surface area contributed by atoms with E-state index in [4.69, 9.17) is 0 Å². The first-order valence-corrected chi connectivity index (χ1v) is 7.06. The van der Waals surface area contributed by atoms with Gasteiger partial charge in [0, 0.05) is 11.9 Å². The van der Waals surface area contributed by atoms with Gasteiger partial charge in [-0.3, -0.25) is 9.78 Å².